The molecule has 7 heteroatoms. The Labute approximate surface area is 150 Å². The SMILES string of the molecule is COCCOc1ccc(C(=O)NNC(=O)C2CCCCC2)cc1Br. The summed E-state index contributed by atoms with van der Waals surface area (Å²) in [6.45, 7) is 0.917. The molecule has 0 saturated heterocycles. The van der Waals surface area contributed by atoms with E-state index in [1.54, 1.807) is 25.3 Å². The van der Waals surface area contributed by atoms with E-state index in [9.17, 15) is 9.59 Å². The first-order chi connectivity index (χ1) is 11.6. The lowest BCUT2D eigenvalue weighted by Crippen LogP contribution is -2.44. The Morgan fingerprint density at radius 2 is 1.92 bits per heavy atom. The van der Waals surface area contributed by atoms with Gasteiger partial charge in [0, 0.05) is 18.6 Å². The van der Waals surface area contributed by atoms with Crippen LogP contribution in [-0.2, 0) is 9.53 Å². The van der Waals surface area contributed by atoms with Gasteiger partial charge in [-0.3, -0.25) is 20.4 Å². The minimum atomic E-state index is -0.358. The molecular weight excluding hydrogens is 376 g/mol. The van der Waals surface area contributed by atoms with E-state index in [2.05, 4.69) is 26.8 Å². The summed E-state index contributed by atoms with van der Waals surface area (Å²) < 4.78 is 11.1. The Morgan fingerprint density at radius 1 is 1.17 bits per heavy atom. The molecule has 1 aromatic carbocycles. The summed E-state index contributed by atoms with van der Waals surface area (Å²) in [4.78, 5) is 24.2. The normalized spacial score (nSPS) is 14.9. The minimum Gasteiger partial charge on any atom is -0.490 e. The van der Waals surface area contributed by atoms with Crippen molar-refractivity contribution in [3.63, 3.8) is 0 Å². The summed E-state index contributed by atoms with van der Waals surface area (Å²) in [5, 5.41) is 0. The lowest BCUT2D eigenvalue weighted by atomic mass is 9.89. The fraction of sp³-hybridized carbons (Fsp3) is 0.529. The third-order valence-electron chi connectivity index (χ3n) is 4.01. The first kappa shape index (κ1) is 18.7. The molecule has 1 aliphatic carbocycles. The van der Waals surface area contributed by atoms with E-state index < -0.39 is 0 Å². The summed E-state index contributed by atoms with van der Waals surface area (Å²) in [5.74, 6) is 0.169. The van der Waals surface area contributed by atoms with Gasteiger partial charge < -0.3 is 9.47 Å². The van der Waals surface area contributed by atoms with Gasteiger partial charge in [0.05, 0.1) is 11.1 Å². The number of carbonyl (C=O) groups excluding carboxylic acids is 2. The lowest BCUT2D eigenvalue weighted by molar-refractivity contribution is -0.126. The Kier molecular flexibility index (Phi) is 7.52. The number of hydrogen-bond acceptors (Lipinski definition) is 4. The number of rotatable bonds is 6. The molecule has 2 amide bonds. The van der Waals surface area contributed by atoms with E-state index in [1.807, 2.05) is 0 Å². The predicted octanol–water partition coefficient (Wildman–Crippen LogP) is 2.82. The molecule has 1 aliphatic rings. The van der Waals surface area contributed by atoms with Crippen molar-refractivity contribution in [1.29, 1.82) is 0 Å². The fourth-order valence-corrected chi connectivity index (χ4v) is 3.14. The van der Waals surface area contributed by atoms with E-state index in [4.69, 9.17) is 9.47 Å². The number of ether oxygens (including phenoxy) is 2. The second-order valence-corrected chi connectivity index (χ2v) is 6.62. The van der Waals surface area contributed by atoms with Gasteiger partial charge in [-0.15, -0.1) is 0 Å². The topological polar surface area (TPSA) is 76.7 Å². The van der Waals surface area contributed by atoms with Crippen molar-refractivity contribution >= 4 is 27.7 Å². The van der Waals surface area contributed by atoms with E-state index >= 15 is 0 Å². The maximum atomic E-state index is 12.1. The molecule has 0 aromatic heterocycles. The van der Waals surface area contributed by atoms with Crippen molar-refractivity contribution in [3.05, 3.63) is 28.2 Å². The number of hydrazine groups is 1. The van der Waals surface area contributed by atoms with Gasteiger partial charge in [-0.1, -0.05) is 19.3 Å². The number of hydrogen-bond donors (Lipinski definition) is 2. The Morgan fingerprint density at radius 3 is 2.58 bits per heavy atom. The molecule has 2 N–H and O–H groups in total. The molecule has 132 valence electrons. The van der Waals surface area contributed by atoms with Crippen LogP contribution in [0.1, 0.15) is 42.5 Å². The van der Waals surface area contributed by atoms with Crippen molar-refractivity contribution in [2.45, 2.75) is 32.1 Å². The summed E-state index contributed by atoms with van der Waals surface area (Å²) in [7, 11) is 1.60. The molecule has 1 saturated carbocycles. The van der Waals surface area contributed by atoms with Crippen LogP contribution in [-0.4, -0.2) is 32.1 Å². The van der Waals surface area contributed by atoms with Crippen molar-refractivity contribution < 1.29 is 19.1 Å². The number of carbonyl (C=O) groups is 2. The van der Waals surface area contributed by atoms with E-state index in [-0.39, 0.29) is 17.7 Å². The molecule has 0 heterocycles. The number of nitrogens with one attached hydrogen (secondary N) is 2. The largest absolute Gasteiger partial charge is 0.490 e. The van der Waals surface area contributed by atoms with Crippen LogP contribution in [0.2, 0.25) is 0 Å². The molecule has 0 aliphatic heterocycles. The second-order valence-electron chi connectivity index (χ2n) is 5.76. The van der Waals surface area contributed by atoms with Crippen LogP contribution < -0.4 is 15.6 Å². The lowest BCUT2D eigenvalue weighted by Gasteiger charge is -2.20. The predicted molar refractivity (Wildman–Crippen MR) is 93.7 cm³/mol. The second kappa shape index (κ2) is 9.64. The van der Waals surface area contributed by atoms with Gasteiger partial charge in [0.2, 0.25) is 5.91 Å². The highest BCUT2D eigenvalue weighted by molar-refractivity contribution is 9.10. The molecule has 1 aromatic rings. The van der Waals surface area contributed by atoms with Crippen LogP contribution in [0, 0.1) is 5.92 Å². The third-order valence-corrected chi connectivity index (χ3v) is 4.63. The monoisotopic (exact) mass is 398 g/mol. The van der Waals surface area contributed by atoms with E-state index in [1.165, 1.54) is 6.42 Å². The van der Waals surface area contributed by atoms with Gasteiger partial charge in [0.25, 0.3) is 5.91 Å². The Bertz CT molecular complexity index is 574. The van der Waals surface area contributed by atoms with Gasteiger partial charge in [0.15, 0.2) is 0 Å². The van der Waals surface area contributed by atoms with Crippen LogP contribution in [0.3, 0.4) is 0 Å². The number of benzene rings is 1. The molecule has 6 nitrogen and oxygen atoms in total. The highest BCUT2D eigenvalue weighted by Crippen LogP contribution is 2.26. The van der Waals surface area contributed by atoms with Crippen LogP contribution in [0.5, 0.6) is 5.75 Å². The third kappa shape index (κ3) is 5.49. The Balaban J connectivity index is 1.85. The molecular formula is C17H23BrN2O4. The first-order valence-electron chi connectivity index (χ1n) is 8.13. The standard InChI is InChI=1S/C17H23BrN2O4/c1-23-9-10-24-15-8-7-13(11-14(15)18)17(22)20-19-16(21)12-5-3-2-4-6-12/h7-8,11-12H,2-6,9-10H2,1H3,(H,19,21)(H,20,22). The Hall–Kier alpha value is -1.60. The zero-order valence-corrected chi connectivity index (χ0v) is 15.4. The molecule has 1 fully saturated rings. The maximum absolute atomic E-state index is 12.1. The summed E-state index contributed by atoms with van der Waals surface area (Å²) in [6, 6.07) is 5.01. The van der Waals surface area contributed by atoms with Crippen LogP contribution in [0.15, 0.2) is 22.7 Å². The zero-order valence-electron chi connectivity index (χ0n) is 13.8. The molecule has 2 rings (SSSR count). The van der Waals surface area contributed by atoms with Crippen molar-refractivity contribution in [3.8, 4) is 5.75 Å². The smallest absolute Gasteiger partial charge is 0.269 e. The van der Waals surface area contributed by atoms with Gasteiger partial charge >= 0.3 is 0 Å². The quantitative estimate of drug-likeness (QED) is 0.570. The van der Waals surface area contributed by atoms with Crippen LogP contribution in [0.25, 0.3) is 0 Å². The van der Waals surface area contributed by atoms with Crippen molar-refractivity contribution in [2.75, 3.05) is 20.3 Å². The maximum Gasteiger partial charge on any atom is 0.269 e. The number of methoxy groups -OCH3 is 1. The van der Waals surface area contributed by atoms with E-state index in [0.717, 1.165) is 25.7 Å². The molecule has 24 heavy (non-hydrogen) atoms. The molecule has 0 radical (unpaired) electrons. The average Bonchev–Trinajstić information content (AvgIpc) is 2.61. The molecule has 0 atom stereocenters. The summed E-state index contributed by atoms with van der Waals surface area (Å²) in [6.07, 6.45) is 5.11. The fourth-order valence-electron chi connectivity index (χ4n) is 2.65. The first-order valence-corrected chi connectivity index (χ1v) is 8.92. The van der Waals surface area contributed by atoms with Gasteiger partial charge in [-0.2, -0.15) is 0 Å². The van der Waals surface area contributed by atoms with Crippen molar-refractivity contribution in [1.82, 2.24) is 10.9 Å². The molecule has 0 spiro atoms. The zero-order chi connectivity index (χ0) is 17.4. The minimum absolute atomic E-state index is 0.00217. The van der Waals surface area contributed by atoms with Gasteiger partial charge in [-0.25, -0.2) is 0 Å². The van der Waals surface area contributed by atoms with Crippen LogP contribution >= 0.6 is 15.9 Å². The number of halogens is 1. The average molecular weight is 399 g/mol. The van der Waals surface area contributed by atoms with E-state index in [0.29, 0.717) is 29.0 Å². The highest BCUT2D eigenvalue weighted by Gasteiger charge is 2.21. The summed E-state index contributed by atoms with van der Waals surface area (Å²) in [5.41, 5.74) is 5.44. The number of amides is 2. The highest BCUT2D eigenvalue weighted by atomic mass is 79.9. The van der Waals surface area contributed by atoms with Crippen LogP contribution in [0.4, 0.5) is 0 Å². The summed E-state index contributed by atoms with van der Waals surface area (Å²) >= 11 is 3.38. The molecule has 0 unspecified atom stereocenters. The van der Waals surface area contributed by atoms with Gasteiger partial charge in [-0.05, 0) is 47.0 Å². The van der Waals surface area contributed by atoms with Crippen molar-refractivity contribution in [2.24, 2.45) is 5.92 Å². The molecule has 0 bridgehead atoms. The van der Waals surface area contributed by atoms with Gasteiger partial charge in [0.1, 0.15) is 12.4 Å².